The van der Waals surface area contributed by atoms with Gasteiger partial charge in [0, 0.05) is 10.7 Å². The molecule has 7 heteroatoms. The lowest BCUT2D eigenvalue weighted by molar-refractivity contribution is 0.102. The van der Waals surface area contributed by atoms with Crippen LogP contribution in [0.1, 0.15) is 10.4 Å². The van der Waals surface area contributed by atoms with Crippen LogP contribution in [0.2, 0.25) is 0 Å². The number of carbonyl (C=O) groups is 1. The van der Waals surface area contributed by atoms with Crippen LogP contribution < -0.4 is 5.32 Å². The lowest BCUT2D eigenvalue weighted by Crippen LogP contribution is -2.14. The average Bonchev–Trinajstić information content (AvgIpc) is 2.86. The van der Waals surface area contributed by atoms with Gasteiger partial charge in [0.25, 0.3) is 5.91 Å². The zero-order valence-corrected chi connectivity index (χ0v) is 13.7. The van der Waals surface area contributed by atoms with Crippen molar-refractivity contribution in [1.29, 1.82) is 0 Å². The van der Waals surface area contributed by atoms with E-state index in [0.717, 1.165) is 4.47 Å². The summed E-state index contributed by atoms with van der Waals surface area (Å²) < 4.78 is 16.3. The maximum absolute atomic E-state index is 13.3. The van der Waals surface area contributed by atoms with Gasteiger partial charge in [-0.3, -0.25) is 9.20 Å². The number of pyridine rings is 1. The summed E-state index contributed by atoms with van der Waals surface area (Å²) in [5.74, 6) is -0.375. The fraction of sp³-hybridized carbons (Fsp3) is 0. The molecule has 4 nitrogen and oxygen atoms in total. The second kappa shape index (κ2) is 5.57. The Labute approximate surface area is 136 Å². The van der Waals surface area contributed by atoms with E-state index in [9.17, 15) is 9.18 Å². The van der Waals surface area contributed by atoms with Gasteiger partial charge in [-0.05, 0) is 62.2 Å². The quantitative estimate of drug-likeness (QED) is 0.683. The summed E-state index contributed by atoms with van der Waals surface area (Å²) in [6.07, 6.45) is 3.33. The summed E-state index contributed by atoms with van der Waals surface area (Å²) >= 11 is 6.63. The largest absolute Gasteiger partial charge is 0.306 e. The number of carbonyl (C=O) groups excluding carboxylic acids is 1. The first kappa shape index (κ1) is 14.2. The Morgan fingerprint density at radius 3 is 2.86 bits per heavy atom. The molecule has 106 valence electrons. The lowest BCUT2D eigenvalue weighted by atomic mass is 10.2. The number of nitrogens with zero attached hydrogens (tertiary/aromatic N) is 2. The Morgan fingerprint density at radius 1 is 1.24 bits per heavy atom. The Morgan fingerprint density at radius 2 is 2.05 bits per heavy atom. The fourth-order valence-corrected chi connectivity index (χ4v) is 2.80. The zero-order valence-electron chi connectivity index (χ0n) is 10.5. The van der Waals surface area contributed by atoms with E-state index in [1.165, 1.54) is 18.2 Å². The van der Waals surface area contributed by atoms with Crippen LogP contribution in [0.15, 0.2) is 51.7 Å². The van der Waals surface area contributed by atoms with Crippen LogP contribution in [0.5, 0.6) is 0 Å². The molecule has 0 aliphatic rings. The Hall–Kier alpha value is -1.73. The second-order valence-electron chi connectivity index (χ2n) is 4.27. The molecular weight excluding hydrogens is 405 g/mol. The molecule has 0 atom stereocenters. The Balaban J connectivity index is 1.97. The van der Waals surface area contributed by atoms with Crippen molar-refractivity contribution in [3.8, 4) is 0 Å². The normalized spacial score (nSPS) is 10.8. The number of halogens is 3. The number of rotatable bonds is 2. The SMILES string of the molecule is O=C(Nc1cnc2c(Br)cccn12)c1cc(F)ccc1Br. The molecule has 0 radical (unpaired) electrons. The summed E-state index contributed by atoms with van der Waals surface area (Å²) in [6, 6.07) is 7.64. The van der Waals surface area contributed by atoms with Gasteiger partial charge in [-0.1, -0.05) is 0 Å². The van der Waals surface area contributed by atoms with Crippen LogP contribution in [0.25, 0.3) is 5.65 Å². The molecule has 2 aromatic heterocycles. The molecule has 3 rings (SSSR count). The number of fused-ring (bicyclic) bond motifs is 1. The predicted octanol–water partition coefficient (Wildman–Crippen LogP) is 4.25. The number of imidazole rings is 1. The van der Waals surface area contributed by atoms with Gasteiger partial charge < -0.3 is 5.32 Å². The summed E-state index contributed by atoms with van der Waals surface area (Å²) in [5, 5.41) is 2.72. The first-order valence-electron chi connectivity index (χ1n) is 5.94. The van der Waals surface area contributed by atoms with Gasteiger partial charge in [-0.2, -0.15) is 0 Å². The molecule has 0 aliphatic heterocycles. The van der Waals surface area contributed by atoms with E-state index in [4.69, 9.17) is 0 Å². The number of benzene rings is 1. The molecule has 1 aromatic carbocycles. The smallest absolute Gasteiger partial charge is 0.258 e. The summed E-state index contributed by atoms with van der Waals surface area (Å²) in [7, 11) is 0. The molecule has 21 heavy (non-hydrogen) atoms. The van der Waals surface area contributed by atoms with E-state index in [1.807, 2.05) is 12.1 Å². The maximum atomic E-state index is 13.3. The minimum Gasteiger partial charge on any atom is -0.306 e. The molecule has 0 saturated heterocycles. The monoisotopic (exact) mass is 411 g/mol. The van der Waals surface area contributed by atoms with Gasteiger partial charge in [-0.25, -0.2) is 9.37 Å². The minimum absolute atomic E-state index is 0.222. The van der Waals surface area contributed by atoms with Crippen LogP contribution in [0, 0.1) is 5.82 Å². The number of nitrogens with one attached hydrogen (secondary N) is 1. The number of amides is 1. The van der Waals surface area contributed by atoms with Crippen molar-refractivity contribution in [2.75, 3.05) is 5.32 Å². The third kappa shape index (κ3) is 2.71. The first-order chi connectivity index (χ1) is 10.1. The molecule has 0 spiro atoms. The van der Waals surface area contributed by atoms with Gasteiger partial charge in [-0.15, -0.1) is 0 Å². The second-order valence-corrected chi connectivity index (χ2v) is 5.98. The van der Waals surface area contributed by atoms with Crippen LogP contribution in [-0.2, 0) is 0 Å². The number of hydrogen-bond donors (Lipinski definition) is 1. The molecular formula is C14H8Br2FN3O. The molecule has 0 unspecified atom stereocenters. The third-order valence-corrected chi connectivity index (χ3v) is 4.21. The highest BCUT2D eigenvalue weighted by molar-refractivity contribution is 9.11. The molecule has 0 aliphatic carbocycles. The average molecular weight is 413 g/mol. The van der Waals surface area contributed by atoms with E-state index in [-0.39, 0.29) is 5.56 Å². The molecule has 1 N–H and O–H groups in total. The highest BCUT2D eigenvalue weighted by Crippen LogP contribution is 2.22. The summed E-state index contributed by atoms with van der Waals surface area (Å²) in [5.41, 5.74) is 0.908. The van der Waals surface area contributed by atoms with E-state index >= 15 is 0 Å². The van der Waals surface area contributed by atoms with Crippen LogP contribution in [-0.4, -0.2) is 15.3 Å². The van der Waals surface area contributed by atoms with E-state index in [2.05, 4.69) is 42.2 Å². The van der Waals surface area contributed by atoms with Gasteiger partial charge in [0.2, 0.25) is 0 Å². The zero-order chi connectivity index (χ0) is 15.0. The molecule has 1 amide bonds. The van der Waals surface area contributed by atoms with Gasteiger partial charge in [0.15, 0.2) is 5.65 Å². The highest BCUT2D eigenvalue weighted by Gasteiger charge is 2.14. The van der Waals surface area contributed by atoms with Crippen molar-refractivity contribution >= 4 is 49.2 Å². The van der Waals surface area contributed by atoms with Gasteiger partial charge in [0.1, 0.15) is 11.6 Å². The van der Waals surface area contributed by atoms with Crippen molar-refractivity contribution in [3.63, 3.8) is 0 Å². The highest BCUT2D eigenvalue weighted by atomic mass is 79.9. The summed E-state index contributed by atoms with van der Waals surface area (Å²) in [6.45, 7) is 0. The van der Waals surface area contributed by atoms with Crippen molar-refractivity contribution in [2.45, 2.75) is 0 Å². The van der Waals surface area contributed by atoms with Crippen molar-refractivity contribution < 1.29 is 9.18 Å². The maximum Gasteiger partial charge on any atom is 0.258 e. The topological polar surface area (TPSA) is 46.4 Å². The first-order valence-corrected chi connectivity index (χ1v) is 7.53. The fourth-order valence-electron chi connectivity index (χ4n) is 1.92. The number of hydrogen-bond acceptors (Lipinski definition) is 2. The van der Waals surface area contributed by atoms with Crippen molar-refractivity contribution in [1.82, 2.24) is 9.38 Å². The molecule has 2 heterocycles. The van der Waals surface area contributed by atoms with Gasteiger partial charge >= 0.3 is 0 Å². The van der Waals surface area contributed by atoms with Crippen LogP contribution >= 0.6 is 31.9 Å². The predicted molar refractivity (Wildman–Crippen MR) is 84.9 cm³/mol. The molecule has 0 bridgehead atoms. The minimum atomic E-state index is -0.468. The number of anilines is 1. The molecule has 3 aromatic rings. The van der Waals surface area contributed by atoms with E-state index in [0.29, 0.717) is 15.9 Å². The van der Waals surface area contributed by atoms with Crippen LogP contribution in [0.3, 0.4) is 0 Å². The number of aromatic nitrogens is 2. The van der Waals surface area contributed by atoms with Crippen molar-refractivity contribution in [3.05, 3.63) is 63.1 Å². The summed E-state index contributed by atoms with van der Waals surface area (Å²) in [4.78, 5) is 16.5. The Bertz CT molecular complexity index is 847. The lowest BCUT2D eigenvalue weighted by Gasteiger charge is -2.07. The van der Waals surface area contributed by atoms with E-state index < -0.39 is 11.7 Å². The standard InChI is InChI=1S/C14H8Br2FN3O/c15-10-4-3-8(17)6-9(10)14(21)19-12-7-18-13-11(16)2-1-5-20(12)13/h1-7H,(H,19,21). The molecule has 0 fully saturated rings. The Kier molecular flexibility index (Phi) is 3.77. The van der Waals surface area contributed by atoms with Crippen molar-refractivity contribution in [2.24, 2.45) is 0 Å². The van der Waals surface area contributed by atoms with Gasteiger partial charge in [0.05, 0.1) is 16.2 Å². The van der Waals surface area contributed by atoms with Crippen LogP contribution in [0.4, 0.5) is 10.2 Å². The third-order valence-electron chi connectivity index (χ3n) is 2.90. The molecule has 0 saturated carbocycles. The van der Waals surface area contributed by atoms with E-state index in [1.54, 1.807) is 16.8 Å².